The first kappa shape index (κ1) is 16.2. The Morgan fingerprint density at radius 3 is 2.59 bits per heavy atom. The highest BCUT2D eigenvalue weighted by molar-refractivity contribution is 7.20. The molecule has 8 heteroatoms. The van der Waals surface area contributed by atoms with Crippen molar-refractivity contribution in [2.75, 3.05) is 14.2 Å². The number of methoxy groups -OCH3 is 2. The number of carbonyl (C=O) groups excluding carboxylic acids is 1. The third-order valence-corrected chi connectivity index (χ3v) is 4.27. The van der Waals surface area contributed by atoms with Gasteiger partial charge in [0, 0.05) is 12.5 Å². The summed E-state index contributed by atoms with van der Waals surface area (Å²) >= 11 is 1.17. The average Bonchev–Trinajstić information content (AvgIpc) is 2.93. The minimum absolute atomic E-state index is 0.0695. The highest BCUT2D eigenvalue weighted by Crippen LogP contribution is 2.32. The first-order chi connectivity index (χ1) is 10.5. The molecule has 7 nitrogen and oxygen atoms in total. The topological polar surface area (TPSA) is 98.6 Å². The van der Waals surface area contributed by atoms with E-state index in [1.165, 1.54) is 25.6 Å². The summed E-state index contributed by atoms with van der Waals surface area (Å²) in [4.78, 5) is 31.6. The summed E-state index contributed by atoms with van der Waals surface area (Å²) < 4.78 is 10.9. The molecule has 0 unspecified atom stereocenters. The smallest absolute Gasteiger partial charge is 0.306 e. The molecule has 0 aromatic carbocycles. The molecule has 0 spiro atoms. The molecule has 2 aromatic heterocycles. The van der Waals surface area contributed by atoms with E-state index in [1.807, 2.05) is 0 Å². The molecule has 0 aliphatic rings. The van der Waals surface area contributed by atoms with E-state index in [1.54, 1.807) is 13.0 Å². The Kier molecular flexibility index (Phi) is 4.92. The maximum atomic E-state index is 12.2. The zero-order valence-corrected chi connectivity index (χ0v) is 13.3. The van der Waals surface area contributed by atoms with Crippen molar-refractivity contribution in [2.24, 2.45) is 5.92 Å². The number of pyridine rings is 1. The highest BCUT2D eigenvalue weighted by atomic mass is 32.1. The Bertz CT molecular complexity index is 672. The van der Waals surface area contributed by atoms with Gasteiger partial charge >= 0.3 is 5.97 Å². The van der Waals surface area contributed by atoms with Gasteiger partial charge in [-0.15, -0.1) is 11.3 Å². The number of thiazole rings is 1. The zero-order valence-electron chi connectivity index (χ0n) is 12.5. The van der Waals surface area contributed by atoms with Gasteiger partial charge in [0.15, 0.2) is 22.2 Å². The fraction of sp³-hybridized carbons (Fsp3) is 0.429. The molecule has 2 heterocycles. The predicted molar refractivity (Wildman–Crippen MR) is 80.9 cm³/mol. The molecule has 0 aliphatic heterocycles. The first-order valence-electron chi connectivity index (χ1n) is 6.65. The van der Waals surface area contributed by atoms with Crippen molar-refractivity contribution in [3.05, 3.63) is 11.1 Å². The largest absolute Gasteiger partial charge is 0.491 e. The second-order valence-corrected chi connectivity index (χ2v) is 5.64. The lowest BCUT2D eigenvalue weighted by atomic mass is 10.0. The third-order valence-electron chi connectivity index (χ3n) is 3.24. The number of ketones is 1. The van der Waals surface area contributed by atoms with Gasteiger partial charge in [0.05, 0.1) is 24.8 Å². The van der Waals surface area contributed by atoms with Crippen LogP contribution in [0.5, 0.6) is 11.6 Å². The quantitative estimate of drug-likeness (QED) is 0.781. The molecule has 0 aliphatic carbocycles. The fourth-order valence-corrected chi connectivity index (χ4v) is 2.85. The minimum Gasteiger partial charge on any atom is -0.491 e. The summed E-state index contributed by atoms with van der Waals surface area (Å²) in [6.07, 6.45) is 0.325. The van der Waals surface area contributed by atoms with E-state index in [9.17, 15) is 9.59 Å². The maximum absolute atomic E-state index is 12.2. The summed E-state index contributed by atoms with van der Waals surface area (Å²) in [6.45, 7) is 1.74. The molecule has 0 amide bonds. The maximum Gasteiger partial charge on any atom is 0.306 e. The van der Waals surface area contributed by atoms with Gasteiger partial charge in [0.2, 0.25) is 0 Å². The minimum atomic E-state index is -0.974. The Labute approximate surface area is 130 Å². The fourth-order valence-electron chi connectivity index (χ4n) is 1.96. The van der Waals surface area contributed by atoms with Crippen molar-refractivity contribution in [3.8, 4) is 11.6 Å². The van der Waals surface area contributed by atoms with E-state index in [2.05, 4.69) is 9.97 Å². The van der Waals surface area contributed by atoms with Crippen molar-refractivity contribution >= 4 is 33.4 Å². The molecule has 2 aromatic rings. The van der Waals surface area contributed by atoms with Crippen LogP contribution in [-0.4, -0.2) is 41.0 Å². The molecule has 118 valence electrons. The van der Waals surface area contributed by atoms with Crippen LogP contribution >= 0.6 is 11.3 Å². The van der Waals surface area contributed by atoms with E-state index < -0.39 is 11.9 Å². The van der Waals surface area contributed by atoms with Gasteiger partial charge < -0.3 is 14.6 Å². The summed E-state index contributed by atoms with van der Waals surface area (Å²) in [5.74, 6) is -1.23. The van der Waals surface area contributed by atoms with Crippen LogP contribution in [0.1, 0.15) is 29.6 Å². The lowest BCUT2D eigenvalue weighted by Gasteiger charge is -2.06. The summed E-state index contributed by atoms with van der Waals surface area (Å²) in [7, 11) is 2.96. The number of aromatic nitrogens is 2. The average molecular weight is 324 g/mol. The molecule has 0 saturated carbocycles. The van der Waals surface area contributed by atoms with Gasteiger partial charge in [-0.2, -0.15) is 4.98 Å². The number of carboxylic acid groups (broad SMARTS) is 1. The van der Waals surface area contributed by atoms with Crippen molar-refractivity contribution in [2.45, 2.75) is 19.8 Å². The Balaban J connectivity index is 2.32. The van der Waals surface area contributed by atoms with E-state index in [4.69, 9.17) is 14.6 Å². The van der Waals surface area contributed by atoms with E-state index in [0.717, 1.165) is 0 Å². The van der Waals surface area contributed by atoms with Crippen molar-refractivity contribution in [1.29, 1.82) is 0 Å². The van der Waals surface area contributed by atoms with Gasteiger partial charge in [-0.05, 0) is 6.42 Å². The third kappa shape index (κ3) is 3.16. The van der Waals surface area contributed by atoms with Crippen LogP contribution < -0.4 is 9.47 Å². The zero-order chi connectivity index (χ0) is 16.3. The van der Waals surface area contributed by atoms with Crippen LogP contribution in [0.3, 0.4) is 0 Å². The second kappa shape index (κ2) is 6.69. The normalized spacial score (nSPS) is 12.1. The number of carbonyl (C=O) groups is 2. The van der Waals surface area contributed by atoms with Crippen LogP contribution in [0.25, 0.3) is 10.3 Å². The monoisotopic (exact) mass is 324 g/mol. The summed E-state index contributed by atoms with van der Waals surface area (Å²) in [5.41, 5.74) is 0.384. The highest BCUT2D eigenvalue weighted by Gasteiger charge is 2.23. The standard InChI is InChI=1S/C14H16N2O5S/c1-4-7(14(18)19)5-8(17)13-16-11-10(22-13)6-9(20-2)12(15-11)21-3/h6-7H,4-5H2,1-3H3,(H,18,19)/t7-/m0/s1. The van der Waals surface area contributed by atoms with Gasteiger partial charge in [0.25, 0.3) is 5.88 Å². The molecule has 2 rings (SSSR count). The lowest BCUT2D eigenvalue weighted by molar-refractivity contribution is -0.141. The number of carboxylic acids is 1. The number of hydrogen-bond acceptors (Lipinski definition) is 7. The lowest BCUT2D eigenvalue weighted by Crippen LogP contribution is -2.17. The molecular weight excluding hydrogens is 308 g/mol. The van der Waals surface area contributed by atoms with Crippen LogP contribution in [0.4, 0.5) is 0 Å². The number of ether oxygens (including phenoxy) is 2. The molecule has 0 fully saturated rings. The number of aliphatic carboxylic acids is 1. The van der Waals surface area contributed by atoms with Gasteiger partial charge in [0.1, 0.15) is 0 Å². The Hall–Kier alpha value is -2.22. The number of Topliss-reactive ketones (excluding diaryl/α,β-unsaturated/α-hetero) is 1. The van der Waals surface area contributed by atoms with Crippen molar-refractivity contribution in [1.82, 2.24) is 9.97 Å². The van der Waals surface area contributed by atoms with Gasteiger partial charge in [-0.3, -0.25) is 9.59 Å². The van der Waals surface area contributed by atoms with Gasteiger partial charge in [-0.25, -0.2) is 4.98 Å². The molecule has 0 saturated heterocycles. The SMILES string of the molecule is CC[C@@H](CC(=O)c1nc2nc(OC)c(OC)cc2s1)C(=O)O. The molecular formula is C14H16N2O5S. The summed E-state index contributed by atoms with van der Waals surface area (Å²) in [5, 5.41) is 9.28. The number of nitrogens with zero attached hydrogens (tertiary/aromatic N) is 2. The van der Waals surface area contributed by atoms with Crippen LogP contribution in [0, 0.1) is 5.92 Å². The van der Waals surface area contributed by atoms with E-state index >= 15 is 0 Å². The predicted octanol–water partition coefficient (Wildman–Crippen LogP) is 2.39. The number of rotatable bonds is 7. The molecule has 0 bridgehead atoms. The Morgan fingerprint density at radius 1 is 1.32 bits per heavy atom. The van der Waals surface area contributed by atoms with Crippen molar-refractivity contribution < 1.29 is 24.2 Å². The molecule has 1 atom stereocenters. The van der Waals surface area contributed by atoms with Crippen LogP contribution in [0.2, 0.25) is 0 Å². The first-order valence-corrected chi connectivity index (χ1v) is 7.47. The van der Waals surface area contributed by atoms with Gasteiger partial charge in [-0.1, -0.05) is 6.92 Å². The van der Waals surface area contributed by atoms with Crippen LogP contribution in [0.15, 0.2) is 6.07 Å². The second-order valence-electron chi connectivity index (χ2n) is 4.61. The van der Waals surface area contributed by atoms with Crippen LogP contribution in [-0.2, 0) is 4.79 Å². The molecule has 22 heavy (non-hydrogen) atoms. The molecule has 0 radical (unpaired) electrons. The number of hydrogen-bond donors (Lipinski definition) is 1. The Morgan fingerprint density at radius 2 is 2.05 bits per heavy atom. The summed E-state index contributed by atoms with van der Waals surface area (Å²) in [6, 6.07) is 1.70. The van der Waals surface area contributed by atoms with E-state index in [-0.39, 0.29) is 23.1 Å². The molecule has 1 N–H and O–H groups in total. The van der Waals surface area contributed by atoms with E-state index in [0.29, 0.717) is 22.5 Å². The number of fused-ring (bicyclic) bond motifs is 1. The van der Waals surface area contributed by atoms with Crippen molar-refractivity contribution in [3.63, 3.8) is 0 Å².